The Labute approximate surface area is 78.1 Å². The van der Waals surface area contributed by atoms with Crippen LogP contribution >= 0.6 is 0 Å². The number of aromatic nitrogens is 1. The van der Waals surface area contributed by atoms with E-state index in [0.29, 0.717) is 6.10 Å². The van der Waals surface area contributed by atoms with Gasteiger partial charge < -0.3 is 10.1 Å². The fraction of sp³-hybridized carbons (Fsp3) is 0.500. The summed E-state index contributed by atoms with van der Waals surface area (Å²) in [7, 11) is 0. The Morgan fingerprint density at radius 2 is 2.46 bits per heavy atom. The molecule has 0 amide bonds. The lowest BCUT2D eigenvalue weighted by molar-refractivity contribution is 0.222. The third-order valence-corrected chi connectivity index (χ3v) is 2.20. The predicted octanol–water partition coefficient (Wildman–Crippen LogP) is 1.13. The first-order valence-corrected chi connectivity index (χ1v) is 4.64. The van der Waals surface area contributed by atoms with Crippen molar-refractivity contribution in [2.45, 2.75) is 19.4 Å². The SMILES string of the molecule is Cc1ccc(O[C@@H]2CCNC2)cn1. The fourth-order valence-electron chi connectivity index (χ4n) is 1.45. The highest BCUT2D eigenvalue weighted by Crippen LogP contribution is 2.13. The molecule has 0 bridgehead atoms. The smallest absolute Gasteiger partial charge is 0.138 e. The average molecular weight is 178 g/mol. The Kier molecular flexibility index (Phi) is 2.45. The summed E-state index contributed by atoms with van der Waals surface area (Å²) in [5.74, 6) is 0.874. The van der Waals surface area contributed by atoms with E-state index >= 15 is 0 Å². The van der Waals surface area contributed by atoms with Crippen molar-refractivity contribution in [2.24, 2.45) is 0 Å². The number of hydrogen-bond donors (Lipinski definition) is 1. The maximum absolute atomic E-state index is 5.71. The van der Waals surface area contributed by atoms with Crippen LogP contribution in [-0.4, -0.2) is 24.2 Å². The zero-order valence-electron chi connectivity index (χ0n) is 7.79. The molecule has 1 N–H and O–H groups in total. The minimum atomic E-state index is 0.324. The first-order chi connectivity index (χ1) is 6.34. The van der Waals surface area contributed by atoms with Crippen molar-refractivity contribution < 1.29 is 4.74 Å². The lowest BCUT2D eigenvalue weighted by Gasteiger charge is -2.11. The van der Waals surface area contributed by atoms with Crippen LogP contribution < -0.4 is 10.1 Å². The molecule has 0 spiro atoms. The Morgan fingerprint density at radius 3 is 3.08 bits per heavy atom. The third kappa shape index (κ3) is 2.18. The van der Waals surface area contributed by atoms with Gasteiger partial charge in [0.1, 0.15) is 11.9 Å². The van der Waals surface area contributed by atoms with E-state index in [1.807, 2.05) is 19.1 Å². The largest absolute Gasteiger partial charge is 0.487 e. The normalized spacial score (nSPS) is 21.8. The van der Waals surface area contributed by atoms with Gasteiger partial charge in [-0.15, -0.1) is 0 Å². The number of nitrogens with one attached hydrogen (secondary N) is 1. The van der Waals surface area contributed by atoms with Crippen LogP contribution in [0.3, 0.4) is 0 Å². The van der Waals surface area contributed by atoms with Crippen LogP contribution in [0.1, 0.15) is 12.1 Å². The van der Waals surface area contributed by atoms with Crippen molar-refractivity contribution in [1.82, 2.24) is 10.3 Å². The van der Waals surface area contributed by atoms with E-state index in [1.54, 1.807) is 6.20 Å². The van der Waals surface area contributed by atoms with Gasteiger partial charge in [-0.25, -0.2) is 0 Å². The predicted molar refractivity (Wildman–Crippen MR) is 50.9 cm³/mol. The van der Waals surface area contributed by atoms with E-state index in [0.717, 1.165) is 31.0 Å². The Bertz CT molecular complexity index is 265. The summed E-state index contributed by atoms with van der Waals surface area (Å²) in [4.78, 5) is 4.18. The van der Waals surface area contributed by atoms with Crippen LogP contribution in [0.2, 0.25) is 0 Å². The number of ether oxygens (including phenoxy) is 1. The highest BCUT2D eigenvalue weighted by Gasteiger charge is 2.15. The lowest BCUT2D eigenvalue weighted by atomic mass is 10.3. The zero-order chi connectivity index (χ0) is 9.10. The number of nitrogens with zero attached hydrogens (tertiary/aromatic N) is 1. The van der Waals surface area contributed by atoms with Gasteiger partial charge in [0.2, 0.25) is 0 Å². The Morgan fingerprint density at radius 1 is 1.54 bits per heavy atom. The van der Waals surface area contributed by atoms with Gasteiger partial charge in [-0.3, -0.25) is 4.98 Å². The Hall–Kier alpha value is -1.09. The molecule has 1 saturated heterocycles. The molecule has 1 aliphatic heterocycles. The molecule has 0 aromatic carbocycles. The molecule has 0 saturated carbocycles. The second-order valence-electron chi connectivity index (χ2n) is 3.37. The standard InChI is InChI=1S/C10H14N2O/c1-8-2-3-9(7-12-8)13-10-4-5-11-6-10/h2-3,7,10-11H,4-6H2,1H3/t10-/m1/s1. The molecule has 13 heavy (non-hydrogen) atoms. The first kappa shape index (κ1) is 8.51. The summed E-state index contributed by atoms with van der Waals surface area (Å²) < 4.78 is 5.71. The monoisotopic (exact) mass is 178 g/mol. The van der Waals surface area contributed by atoms with Crippen molar-refractivity contribution in [3.05, 3.63) is 24.0 Å². The quantitative estimate of drug-likeness (QED) is 0.737. The highest BCUT2D eigenvalue weighted by molar-refractivity contribution is 5.19. The molecule has 70 valence electrons. The molecule has 1 aromatic heterocycles. The summed E-state index contributed by atoms with van der Waals surface area (Å²) in [6.07, 6.45) is 3.20. The van der Waals surface area contributed by atoms with Gasteiger partial charge in [0.15, 0.2) is 0 Å². The second kappa shape index (κ2) is 3.75. The molecular weight excluding hydrogens is 164 g/mol. The number of aryl methyl sites for hydroxylation is 1. The molecule has 3 heteroatoms. The minimum Gasteiger partial charge on any atom is -0.487 e. The molecule has 0 radical (unpaired) electrons. The van der Waals surface area contributed by atoms with Crippen LogP contribution in [0.5, 0.6) is 5.75 Å². The summed E-state index contributed by atoms with van der Waals surface area (Å²) in [5.41, 5.74) is 1.02. The average Bonchev–Trinajstić information content (AvgIpc) is 2.62. The molecule has 1 fully saturated rings. The van der Waals surface area contributed by atoms with Crippen molar-refractivity contribution in [3.8, 4) is 5.75 Å². The number of rotatable bonds is 2. The first-order valence-electron chi connectivity index (χ1n) is 4.64. The van der Waals surface area contributed by atoms with Gasteiger partial charge in [0.05, 0.1) is 6.20 Å². The summed E-state index contributed by atoms with van der Waals surface area (Å²) in [6.45, 7) is 3.98. The van der Waals surface area contributed by atoms with E-state index in [2.05, 4.69) is 10.3 Å². The topological polar surface area (TPSA) is 34.1 Å². The third-order valence-electron chi connectivity index (χ3n) is 2.20. The fourth-order valence-corrected chi connectivity index (χ4v) is 1.45. The summed E-state index contributed by atoms with van der Waals surface area (Å²) in [5, 5.41) is 3.26. The molecule has 2 rings (SSSR count). The lowest BCUT2D eigenvalue weighted by Crippen LogP contribution is -2.19. The van der Waals surface area contributed by atoms with Crippen LogP contribution in [0.25, 0.3) is 0 Å². The summed E-state index contributed by atoms with van der Waals surface area (Å²) >= 11 is 0. The molecule has 1 aromatic rings. The second-order valence-corrected chi connectivity index (χ2v) is 3.37. The van der Waals surface area contributed by atoms with E-state index in [1.165, 1.54) is 0 Å². The highest BCUT2D eigenvalue weighted by atomic mass is 16.5. The minimum absolute atomic E-state index is 0.324. The molecule has 0 aliphatic carbocycles. The maximum atomic E-state index is 5.71. The van der Waals surface area contributed by atoms with Gasteiger partial charge in [-0.1, -0.05) is 0 Å². The van der Waals surface area contributed by atoms with E-state index in [4.69, 9.17) is 4.74 Å². The zero-order valence-corrected chi connectivity index (χ0v) is 7.79. The van der Waals surface area contributed by atoms with Crippen molar-refractivity contribution in [2.75, 3.05) is 13.1 Å². The molecular formula is C10H14N2O. The van der Waals surface area contributed by atoms with Gasteiger partial charge >= 0.3 is 0 Å². The Balaban J connectivity index is 1.97. The van der Waals surface area contributed by atoms with Gasteiger partial charge in [0, 0.05) is 12.2 Å². The van der Waals surface area contributed by atoms with Crippen LogP contribution in [0, 0.1) is 6.92 Å². The maximum Gasteiger partial charge on any atom is 0.138 e. The van der Waals surface area contributed by atoms with Crippen molar-refractivity contribution in [3.63, 3.8) is 0 Å². The molecule has 2 heterocycles. The van der Waals surface area contributed by atoms with Gasteiger partial charge in [0.25, 0.3) is 0 Å². The van der Waals surface area contributed by atoms with Crippen LogP contribution in [-0.2, 0) is 0 Å². The number of pyridine rings is 1. The van der Waals surface area contributed by atoms with Gasteiger partial charge in [-0.05, 0) is 32.0 Å². The summed E-state index contributed by atoms with van der Waals surface area (Å²) in [6, 6.07) is 3.94. The van der Waals surface area contributed by atoms with E-state index in [-0.39, 0.29) is 0 Å². The molecule has 1 aliphatic rings. The number of hydrogen-bond acceptors (Lipinski definition) is 3. The molecule has 3 nitrogen and oxygen atoms in total. The molecule has 0 unspecified atom stereocenters. The van der Waals surface area contributed by atoms with Crippen LogP contribution in [0.15, 0.2) is 18.3 Å². The van der Waals surface area contributed by atoms with Crippen LogP contribution in [0.4, 0.5) is 0 Å². The van der Waals surface area contributed by atoms with Gasteiger partial charge in [-0.2, -0.15) is 0 Å². The molecule has 1 atom stereocenters. The van der Waals surface area contributed by atoms with E-state index in [9.17, 15) is 0 Å². The van der Waals surface area contributed by atoms with E-state index < -0.39 is 0 Å². The van der Waals surface area contributed by atoms with Crippen molar-refractivity contribution >= 4 is 0 Å². The van der Waals surface area contributed by atoms with Crippen molar-refractivity contribution in [1.29, 1.82) is 0 Å².